The van der Waals surface area contributed by atoms with Crippen LogP contribution in [0.4, 0.5) is 0 Å². The second-order valence-electron chi connectivity index (χ2n) is 5.76. The van der Waals surface area contributed by atoms with E-state index >= 15 is 0 Å². The predicted octanol–water partition coefficient (Wildman–Crippen LogP) is 3.66. The van der Waals surface area contributed by atoms with Crippen LogP contribution in [0, 0.1) is 12.8 Å². The Morgan fingerprint density at radius 2 is 1.81 bits per heavy atom. The third-order valence-electron chi connectivity index (χ3n) is 3.80. The first-order valence-corrected chi connectivity index (χ1v) is 9.34. The lowest BCUT2D eigenvalue weighted by Crippen LogP contribution is -2.23. The summed E-state index contributed by atoms with van der Waals surface area (Å²) in [7, 11) is 1.48. The van der Waals surface area contributed by atoms with E-state index in [0.29, 0.717) is 11.5 Å². The van der Waals surface area contributed by atoms with Gasteiger partial charge in [0.2, 0.25) is 0 Å². The molecule has 0 spiro atoms. The molecule has 21 heavy (non-hydrogen) atoms. The highest BCUT2D eigenvalue weighted by Gasteiger charge is 2.23. The number of halogens is 1. The first-order valence-electron chi connectivity index (χ1n) is 7.03. The summed E-state index contributed by atoms with van der Waals surface area (Å²) in [5, 5.41) is 0. The van der Waals surface area contributed by atoms with Crippen molar-refractivity contribution in [1.29, 1.82) is 0 Å². The van der Waals surface area contributed by atoms with Crippen molar-refractivity contribution >= 4 is 25.7 Å². The van der Waals surface area contributed by atoms with E-state index in [-0.39, 0.29) is 16.6 Å². The number of ether oxygens (including phenoxy) is 1. The normalized spacial score (nSPS) is 22.8. The lowest BCUT2D eigenvalue weighted by atomic mass is 9.89. The molecule has 0 aliphatic heterocycles. The van der Waals surface area contributed by atoms with Crippen LogP contribution in [0.3, 0.4) is 0 Å². The molecule has 116 valence electrons. The standard InChI is InChI=1S/C15H19ClO4S/c1-10-3-5-13(6-4-10)20-15(17)12-7-11(2)8-14(9-12)21(16,18)19/h7-10,13H,3-6H2,1-2H3. The smallest absolute Gasteiger partial charge is 0.338 e. The van der Waals surface area contributed by atoms with Crippen molar-refractivity contribution in [3.63, 3.8) is 0 Å². The molecule has 0 saturated heterocycles. The largest absolute Gasteiger partial charge is 0.459 e. The number of benzene rings is 1. The molecule has 0 radical (unpaired) electrons. The van der Waals surface area contributed by atoms with E-state index in [4.69, 9.17) is 15.4 Å². The molecule has 0 heterocycles. The van der Waals surface area contributed by atoms with Crippen molar-refractivity contribution in [2.45, 2.75) is 50.5 Å². The Morgan fingerprint density at radius 3 is 2.38 bits per heavy atom. The molecule has 1 aromatic carbocycles. The van der Waals surface area contributed by atoms with Gasteiger partial charge in [-0.05, 0) is 62.3 Å². The molecule has 1 fully saturated rings. The number of carbonyl (C=O) groups is 1. The van der Waals surface area contributed by atoms with Crippen molar-refractivity contribution in [1.82, 2.24) is 0 Å². The second-order valence-corrected chi connectivity index (χ2v) is 8.33. The Balaban J connectivity index is 2.14. The molecule has 0 atom stereocenters. The first-order chi connectivity index (χ1) is 9.75. The molecular weight excluding hydrogens is 312 g/mol. The van der Waals surface area contributed by atoms with Crippen LogP contribution in [0.15, 0.2) is 23.1 Å². The van der Waals surface area contributed by atoms with Gasteiger partial charge in [-0.2, -0.15) is 0 Å². The fraction of sp³-hybridized carbons (Fsp3) is 0.533. The Bertz CT molecular complexity index is 631. The quantitative estimate of drug-likeness (QED) is 0.627. The Kier molecular flexibility index (Phi) is 4.94. The average molecular weight is 331 g/mol. The molecule has 1 saturated carbocycles. The van der Waals surface area contributed by atoms with Crippen molar-refractivity contribution in [2.24, 2.45) is 5.92 Å². The summed E-state index contributed by atoms with van der Waals surface area (Å²) in [6.45, 7) is 3.90. The van der Waals surface area contributed by atoms with Crippen LogP contribution in [-0.4, -0.2) is 20.5 Å². The number of carbonyl (C=O) groups excluding carboxylic acids is 1. The maximum Gasteiger partial charge on any atom is 0.338 e. The molecule has 2 rings (SSSR count). The molecule has 0 N–H and O–H groups in total. The minimum atomic E-state index is -3.86. The van der Waals surface area contributed by atoms with Crippen molar-refractivity contribution < 1.29 is 17.9 Å². The van der Waals surface area contributed by atoms with E-state index in [9.17, 15) is 13.2 Å². The minimum Gasteiger partial charge on any atom is -0.459 e. The second kappa shape index (κ2) is 6.36. The number of hydrogen-bond donors (Lipinski definition) is 0. The zero-order valence-corrected chi connectivity index (χ0v) is 13.7. The van der Waals surface area contributed by atoms with Gasteiger partial charge in [-0.15, -0.1) is 0 Å². The van der Waals surface area contributed by atoms with Gasteiger partial charge in [-0.3, -0.25) is 0 Å². The average Bonchev–Trinajstić information content (AvgIpc) is 2.39. The maximum atomic E-state index is 12.2. The lowest BCUT2D eigenvalue weighted by Gasteiger charge is -2.26. The highest BCUT2D eigenvalue weighted by atomic mass is 35.7. The SMILES string of the molecule is Cc1cc(C(=O)OC2CCC(C)CC2)cc(S(=O)(=O)Cl)c1. The molecule has 1 aliphatic rings. The maximum absolute atomic E-state index is 12.2. The molecule has 0 amide bonds. The molecule has 0 unspecified atom stereocenters. The van der Waals surface area contributed by atoms with Crippen molar-refractivity contribution in [2.75, 3.05) is 0 Å². The predicted molar refractivity (Wildman–Crippen MR) is 81.1 cm³/mol. The summed E-state index contributed by atoms with van der Waals surface area (Å²) in [4.78, 5) is 12.1. The molecule has 6 heteroatoms. The third-order valence-corrected chi connectivity index (χ3v) is 5.14. The van der Waals surface area contributed by atoms with Crippen molar-refractivity contribution in [3.05, 3.63) is 29.3 Å². The summed E-state index contributed by atoms with van der Waals surface area (Å²) in [5.74, 6) is 0.187. The summed E-state index contributed by atoms with van der Waals surface area (Å²) < 4.78 is 28.3. The molecule has 0 aromatic heterocycles. The first kappa shape index (κ1) is 16.3. The Morgan fingerprint density at radius 1 is 1.19 bits per heavy atom. The fourth-order valence-electron chi connectivity index (χ4n) is 2.57. The molecule has 1 aromatic rings. The van der Waals surface area contributed by atoms with E-state index in [2.05, 4.69) is 6.92 Å². The van der Waals surface area contributed by atoms with Crippen molar-refractivity contribution in [3.8, 4) is 0 Å². The summed E-state index contributed by atoms with van der Waals surface area (Å²) in [6, 6.07) is 4.31. The third kappa shape index (κ3) is 4.45. The summed E-state index contributed by atoms with van der Waals surface area (Å²) >= 11 is 0. The lowest BCUT2D eigenvalue weighted by molar-refractivity contribution is 0.0173. The van der Waals surface area contributed by atoms with E-state index in [1.807, 2.05) is 0 Å². The van der Waals surface area contributed by atoms with Gasteiger partial charge >= 0.3 is 5.97 Å². The van der Waals surface area contributed by atoms with Crippen LogP contribution in [0.5, 0.6) is 0 Å². The van der Waals surface area contributed by atoms with Crippen LogP contribution in [-0.2, 0) is 13.8 Å². The van der Waals surface area contributed by atoms with E-state index in [1.165, 1.54) is 12.1 Å². The van der Waals surface area contributed by atoms with Gasteiger partial charge < -0.3 is 4.74 Å². The summed E-state index contributed by atoms with van der Waals surface area (Å²) in [5.41, 5.74) is 0.883. The fourth-order valence-corrected chi connectivity index (χ4v) is 3.43. The van der Waals surface area contributed by atoms with E-state index < -0.39 is 15.0 Å². The highest BCUT2D eigenvalue weighted by molar-refractivity contribution is 8.13. The zero-order chi connectivity index (χ0) is 15.6. The number of hydrogen-bond acceptors (Lipinski definition) is 4. The highest BCUT2D eigenvalue weighted by Crippen LogP contribution is 2.27. The minimum absolute atomic E-state index is 0.0756. The van der Waals surface area contributed by atoms with Crippen LogP contribution in [0.2, 0.25) is 0 Å². The number of aryl methyl sites for hydroxylation is 1. The molecule has 0 bridgehead atoms. The van der Waals surface area contributed by atoms with Gasteiger partial charge in [0.25, 0.3) is 9.05 Å². The van der Waals surface area contributed by atoms with Crippen LogP contribution < -0.4 is 0 Å². The molecular formula is C15H19ClO4S. The van der Waals surface area contributed by atoms with E-state index in [1.54, 1.807) is 13.0 Å². The Labute approximate surface area is 129 Å². The van der Waals surface area contributed by atoms with E-state index in [0.717, 1.165) is 25.7 Å². The zero-order valence-electron chi connectivity index (χ0n) is 12.1. The van der Waals surface area contributed by atoms with Gasteiger partial charge in [0.1, 0.15) is 6.10 Å². The monoisotopic (exact) mass is 330 g/mol. The Hall–Kier alpha value is -1.07. The number of esters is 1. The topological polar surface area (TPSA) is 60.4 Å². The van der Waals surface area contributed by atoms with Gasteiger partial charge in [-0.25, -0.2) is 13.2 Å². The van der Waals surface area contributed by atoms with Crippen LogP contribution in [0.1, 0.15) is 48.5 Å². The summed E-state index contributed by atoms with van der Waals surface area (Å²) in [6.07, 6.45) is 3.74. The van der Waals surface area contributed by atoms with Gasteiger partial charge in [0, 0.05) is 10.7 Å². The molecule has 1 aliphatic carbocycles. The van der Waals surface area contributed by atoms with Crippen LogP contribution >= 0.6 is 10.7 Å². The number of rotatable bonds is 3. The van der Waals surface area contributed by atoms with Gasteiger partial charge in [-0.1, -0.05) is 6.92 Å². The molecule has 4 nitrogen and oxygen atoms in total. The van der Waals surface area contributed by atoms with Gasteiger partial charge in [0.15, 0.2) is 0 Å². The van der Waals surface area contributed by atoms with Gasteiger partial charge in [0.05, 0.1) is 10.5 Å². The van der Waals surface area contributed by atoms with Crippen LogP contribution in [0.25, 0.3) is 0 Å².